The zero-order valence-corrected chi connectivity index (χ0v) is 13.5. The molecule has 6 heteroatoms. The van der Waals surface area contributed by atoms with E-state index in [1.54, 1.807) is 0 Å². The molecule has 3 unspecified atom stereocenters. The van der Waals surface area contributed by atoms with E-state index in [4.69, 9.17) is 14.4 Å². The molecule has 0 amide bonds. The van der Waals surface area contributed by atoms with E-state index in [0.29, 0.717) is 35.4 Å². The van der Waals surface area contributed by atoms with Crippen LogP contribution in [-0.2, 0) is 9.59 Å². The molecule has 0 aromatic carbocycles. The van der Waals surface area contributed by atoms with Crippen molar-refractivity contribution in [2.75, 3.05) is 0 Å². The summed E-state index contributed by atoms with van der Waals surface area (Å²) >= 11 is 0.306. The minimum atomic E-state index is -0.972. The Bertz CT molecular complexity index is 297. The van der Waals surface area contributed by atoms with E-state index in [1.807, 2.05) is 0 Å². The second kappa shape index (κ2) is 7.13. The first-order valence-electron chi connectivity index (χ1n) is 6.14. The summed E-state index contributed by atoms with van der Waals surface area (Å²) in [6.07, 6.45) is 1.77. The first-order chi connectivity index (χ1) is 8.23. The van der Waals surface area contributed by atoms with Gasteiger partial charge in [0.2, 0.25) is 0 Å². The largest absolute Gasteiger partial charge is 0.521 e. The highest BCUT2D eigenvalue weighted by molar-refractivity contribution is 5.95. The number of carboxylic acid groups (broad SMARTS) is 2. The van der Waals surface area contributed by atoms with Crippen LogP contribution in [0.15, 0.2) is 0 Å². The lowest BCUT2D eigenvalue weighted by molar-refractivity contribution is -0.157. The molecular weight excluding hydrogens is 251 g/mol. The third-order valence-corrected chi connectivity index (χ3v) is 3.71. The van der Waals surface area contributed by atoms with Crippen molar-refractivity contribution in [2.45, 2.75) is 40.0 Å². The summed E-state index contributed by atoms with van der Waals surface area (Å²) in [5, 5.41) is 18.1. The maximum absolute atomic E-state index is 11.1. The van der Waals surface area contributed by atoms with Gasteiger partial charge in [0.1, 0.15) is 0 Å². The van der Waals surface area contributed by atoms with Crippen molar-refractivity contribution in [1.29, 1.82) is 0 Å². The minimum Gasteiger partial charge on any atom is -0.521 e. The van der Waals surface area contributed by atoms with E-state index in [9.17, 15) is 9.59 Å². The number of hydrogen-bond acceptors (Lipinski definition) is 3. The van der Waals surface area contributed by atoms with E-state index in [-0.39, 0.29) is 5.41 Å². The van der Waals surface area contributed by atoms with Gasteiger partial charge in [-0.05, 0) is 30.6 Å². The number of carboxylic acids is 2. The van der Waals surface area contributed by atoms with Gasteiger partial charge < -0.3 is 14.4 Å². The molecule has 3 atom stereocenters. The summed E-state index contributed by atoms with van der Waals surface area (Å²) in [7, 11) is 0. The van der Waals surface area contributed by atoms with E-state index in [1.165, 1.54) is 0 Å². The summed E-state index contributed by atoms with van der Waals surface area (Å²) < 4.78 is 7.14. The smallest absolute Gasteiger partial charge is 0.407 e. The van der Waals surface area contributed by atoms with Crippen LogP contribution in [0.1, 0.15) is 40.0 Å². The maximum Gasteiger partial charge on any atom is 0.407 e. The van der Waals surface area contributed by atoms with Gasteiger partial charge in [-0.1, -0.05) is 20.8 Å². The van der Waals surface area contributed by atoms with Gasteiger partial charge in [-0.15, -0.1) is 0 Å². The predicted molar refractivity (Wildman–Crippen MR) is 69.8 cm³/mol. The Morgan fingerprint density at radius 3 is 1.78 bits per heavy atom. The van der Waals surface area contributed by atoms with Crippen molar-refractivity contribution in [3.63, 3.8) is 0 Å². The summed E-state index contributed by atoms with van der Waals surface area (Å²) in [6.45, 7) is 6.24. The fraction of sp³-hybridized carbons (Fsp3) is 0.833. The lowest BCUT2D eigenvalue weighted by atomic mass is 9.65. The molecular formula is C12H23AlO5. The van der Waals surface area contributed by atoms with Crippen molar-refractivity contribution in [1.82, 2.24) is 0 Å². The summed E-state index contributed by atoms with van der Waals surface area (Å²) in [5.41, 5.74) is 0.0528. The lowest BCUT2D eigenvalue weighted by Gasteiger charge is -2.38. The number of hydrogen-bond donors (Lipinski definition) is 3. The van der Waals surface area contributed by atoms with E-state index in [0.717, 1.165) is 6.42 Å². The topological polar surface area (TPSA) is 94.8 Å². The second-order valence-corrected chi connectivity index (χ2v) is 5.77. The van der Waals surface area contributed by atoms with Crippen LogP contribution in [0.5, 0.6) is 0 Å². The van der Waals surface area contributed by atoms with E-state index >= 15 is 0 Å². The van der Waals surface area contributed by atoms with Crippen LogP contribution >= 0.6 is 0 Å². The predicted octanol–water partition coefficient (Wildman–Crippen LogP) is 0.761. The maximum atomic E-state index is 11.1. The average molecular weight is 274 g/mol. The van der Waals surface area contributed by atoms with Crippen LogP contribution in [0, 0.1) is 23.2 Å². The monoisotopic (exact) mass is 274 g/mol. The van der Waals surface area contributed by atoms with Gasteiger partial charge in [0.25, 0.3) is 0 Å². The van der Waals surface area contributed by atoms with Gasteiger partial charge in [-0.3, -0.25) is 9.59 Å². The fourth-order valence-corrected chi connectivity index (χ4v) is 2.53. The van der Waals surface area contributed by atoms with Crippen LogP contribution in [0.4, 0.5) is 0 Å². The van der Waals surface area contributed by atoms with Gasteiger partial charge >= 0.3 is 28.6 Å². The van der Waals surface area contributed by atoms with Crippen LogP contribution in [0.3, 0.4) is 0 Å². The molecule has 0 saturated heterocycles. The number of rotatable bonds is 2. The van der Waals surface area contributed by atoms with Gasteiger partial charge in [0.05, 0.1) is 11.8 Å². The molecule has 0 bridgehead atoms. The van der Waals surface area contributed by atoms with Gasteiger partial charge in [-0.2, -0.15) is 0 Å². The molecule has 1 aliphatic carbocycles. The Labute approximate surface area is 116 Å². The normalized spacial score (nSPS) is 27.9. The Balaban J connectivity index is 0.00000137. The Morgan fingerprint density at radius 2 is 1.44 bits per heavy atom. The summed E-state index contributed by atoms with van der Waals surface area (Å²) in [4.78, 5) is 22.0. The van der Waals surface area contributed by atoms with Crippen LogP contribution in [0.2, 0.25) is 0 Å². The number of aliphatic carboxylic acids is 2. The highest BCUT2D eigenvalue weighted by atomic mass is 27.1. The highest BCUT2D eigenvalue weighted by Gasteiger charge is 2.42. The molecule has 0 aromatic rings. The minimum absolute atomic E-state index is 0.0528. The third-order valence-electron chi connectivity index (χ3n) is 3.71. The molecule has 0 aromatic heterocycles. The molecule has 1 rings (SSSR count). The molecule has 1 fully saturated rings. The lowest BCUT2D eigenvalue weighted by Crippen LogP contribution is -2.39. The summed E-state index contributed by atoms with van der Waals surface area (Å²) in [5.74, 6) is -3.09. The first-order valence-corrected chi connectivity index (χ1v) is 7.03. The van der Waals surface area contributed by atoms with Gasteiger partial charge in [-0.25, -0.2) is 0 Å². The Hall–Kier alpha value is -0.568. The fourth-order valence-electron chi connectivity index (χ4n) is 2.53. The highest BCUT2D eigenvalue weighted by Crippen LogP contribution is 2.42. The van der Waals surface area contributed by atoms with E-state index in [2.05, 4.69) is 20.8 Å². The zero-order chi connectivity index (χ0) is 14.5. The molecule has 0 heterocycles. The Kier molecular flexibility index (Phi) is 6.90. The molecule has 0 aliphatic heterocycles. The Morgan fingerprint density at radius 1 is 1.00 bits per heavy atom. The van der Waals surface area contributed by atoms with Crippen LogP contribution in [0.25, 0.3) is 0 Å². The van der Waals surface area contributed by atoms with Crippen LogP contribution in [-0.4, -0.2) is 42.9 Å². The molecule has 18 heavy (non-hydrogen) atoms. The molecule has 0 radical (unpaired) electrons. The second-order valence-electron chi connectivity index (χ2n) is 5.77. The quantitative estimate of drug-likeness (QED) is 0.646. The zero-order valence-electron chi connectivity index (χ0n) is 11.5. The molecule has 0 spiro atoms. The van der Waals surface area contributed by atoms with Gasteiger partial charge in [0, 0.05) is 0 Å². The molecule has 3 N–H and O–H groups in total. The standard InChI is InChI=1S/C12H20O4.Al.H2O.2H/c1-12(2,3)7-4-5-8(10(13)14)9(6-7)11(15)16;;;;/h7-9H,4-6H2,1-3H3,(H,13,14)(H,15,16);;1H2;;/q;+1;;;/p-1. The van der Waals surface area contributed by atoms with Crippen LogP contribution < -0.4 is 0 Å². The average Bonchev–Trinajstić information content (AvgIpc) is 2.29. The first kappa shape index (κ1) is 17.4. The van der Waals surface area contributed by atoms with Crippen molar-refractivity contribution < 1.29 is 24.0 Å². The SMILES string of the molecule is CC(C)(C)C1CCC(C(=O)O)C(C(=O)O)C1.[OH][AlH2]. The third kappa shape index (κ3) is 4.60. The van der Waals surface area contributed by atoms with Gasteiger partial charge in [0.15, 0.2) is 0 Å². The van der Waals surface area contributed by atoms with Crippen molar-refractivity contribution in [2.24, 2.45) is 23.2 Å². The molecule has 5 nitrogen and oxygen atoms in total. The molecule has 104 valence electrons. The number of carbonyl (C=O) groups is 2. The van der Waals surface area contributed by atoms with Crippen molar-refractivity contribution in [3.8, 4) is 0 Å². The van der Waals surface area contributed by atoms with Crippen molar-refractivity contribution >= 4 is 28.6 Å². The van der Waals surface area contributed by atoms with E-state index < -0.39 is 23.8 Å². The van der Waals surface area contributed by atoms with Crippen molar-refractivity contribution in [3.05, 3.63) is 0 Å². The molecule has 1 aliphatic rings. The summed E-state index contributed by atoms with van der Waals surface area (Å²) in [6, 6.07) is 0. The molecule has 1 saturated carbocycles.